The Morgan fingerprint density at radius 2 is 1.87 bits per heavy atom. The minimum Gasteiger partial charge on any atom is -0.461 e. The third kappa shape index (κ3) is 8.78. The van der Waals surface area contributed by atoms with Crippen molar-refractivity contribution < 1.29 is 19.1 Å². The Bertz CT molecular complexity index is 235. The second-order valence-electron chi connectivity index (χ2n) is 3.43. The van der Waals surface area contributed by atoms with Gasteiger partial charge in [-0.1, -0.05) is 34.8 Å². The summed E-state index contributed by atoms with van der Waals surface area (Å²) in [6, 6.07) is 0. The summed E-state index contributed by atoms with van der Waals surface area (Å²) >= 11 is 16.1. The Kier molecular flexibility index (Phi) is 5.70. The van der Waals surface area contributed by atoms with Crippen molar-refractivity contribution in [2.75, 3.05) is 6.61 Å². The normalized spacial score (nSPS) is 12.1. The average molecular weight is 278 g/mol. The molecule has 0 atom stereocenters. The van der Waals surface area contributed by atoms with Gasteiger partial charge in [0, 0.05) is 0 Å². The summed E-state index contributed by atoms with van der Waals surface area (Å²) < 4.78 is 7.68. The number of carbonyl (C=O) groups is 2. The highest BCUT2D eigenvalue weighted by atomic mass is 35.6. The summed E-state index contributed by atoms with van der Waals surface area (Å²) in [5.41, 5.74) is -0.924. The van der Waals surface area contributed by atoms with Crippen molar-refractivity contribution in [2.24, 2.45) is 0 Å². The lowest BCUT2D eigenvalue weighted by molar-refractivity contribution is -0.154. The van der Waals surface area contributed by atoms with Gasteiger partial charge in [-0.2, -0.15) is 0 Å². The first kappa shape index (κ1) is 14.8. The van der Waals surface area contributed by atoms with Crippen LogP contribution in [0.3, 0.4) is 0 Å². The fraction of sp³-hybridized carbons (Fsp3) is 0.750. The van der Waals surface area contributed by atoms with Crippen molar-refractivity contribution in [2.45, 2.75) is 29.7 Å². The molecule has 0 saturated heterocycles. The van der Waals surface area contributed by atoms with Crippen molar-refractivity contribution in [1.82, 2.24) is 0 Å². The van der Waals surface area contributed by atoms with E-state index in [0.717, 1.165) is 0 Å². The lowest BCUT2D eigenvalue weighted by atomic mass is 10.1. The van der Waals surface area contributed by atoms with Crippen LogP contribution >= 0.6 is 34.8 Å². The number of esters is 1. The molecule has 0 aliphatic rings. The van der Waals surface area contributed by atoms with Crippen molar-refractivity contribution in [3.05, 3.63) is 0 Å². The maximum Gasteiger partial charge on any atom is 0.309 e. The Hall–Kier alpha value is -0.190. The fourth-order valence-electron chi connectivity index (χ4n) is 0.733. The number of ether oxygens (including phenoxy) is 2. The molecule has 0 spiro atoms. The fourth-order valence-corrected chi connectivity index (χ4v) is 0.897. The molecule has 0 amide bonds. The average Bonchev–Trinajstić information content (AvgIpc) is 1.98. The van der Waals surface area contributed by atoms with E-state index in [1.54, 1.807) is 13.8 Å². The molecule has 0 saturated carbocycles. The first-order valence-corrected chi connectivity index (χ1v) is 5.13. The maximum atomic E-state index is 11.2. The van der Waals surface area contributed by atoms with Crippen LogP contribution in [-0.4, -0.2) is 28.4 Å². The van der Waals surface area contributed by atoms with E-state index >= 15 is 0 Å². The van der Waals surface area contributed by atoms with Gasteiger partial charge in [0.2, 0.25) is 3.79 Å². The molecule has 0 rings (SSSR count). The molecule has 0 N–H and O–H groups in total. The first-order chi connectivity index (χ1) is 6.66. The summed E-state index contributed by atoms with van der Waals surface area (Å²) in [4.78, 5) is 21.3. The predicted molar refractivity (Wildman–Crippen MR) is 57.1 cm³/mol. The molecule has 0 aliphatic heterocycles. The van der Waals surface area contributed by atoms with E-state index in [-0.39, 0.29) is 19.5 Å². The summed E-state index contributed by atoms with van der Waals surface area (Å²) in [5.74, 6) is -0.604. The van der Waals surface area contributed by atoms with Crippen molar-refractivity contribution in [1.29, 1.82) is 0 Å². The molecule has 4 nitrogen and oxygen atoms in total. The predicted octanol–water partition coefficient (Wildman–Crippen LogP) is 2.24. The lowest BCUT2D eigenvalue weighted by Crippen LogP contribution is -2.29. The van der Waals surface area contributed by atoms with Crippen LogP contribution in [0.1, 0.15) is 20.3 Å². The van der Waals surface area contributed by atoms with Gasteiger partial charge in [-0.3, -0.25) is 9.59 Å². The smallest absolute Gasteiger partial charge is 0.309 e. The zero-order valence-corrected chi connectivity index (χ0v) is 10.5. The van der Waals surface area contributed by atoms with E-state index in [0.29, 0.717) is 0 Å². The van der Waals surface area contributed by atoms with E-state index < -0.39 is 15.4 Å². The maximum absolute atomic E-state index is 11.2. The summed E-state index contributed by atoms with van der Waals surface area (Å²) in [6.07, 6.45) is -0.105. The summed E-state index contributed by atoms with van der Waals surface area (Å²) in [6.45, 7) is 3.06. The Morgan fingerprint density at radius 1 is 1.33 bits per heavy atom. The van der Waals surface area contributed by atoms with E-state index in [4.69, 9.17) is 34.8 Å². The molecule has 0 unspecified atom stereocenters. The Morgan fingerprint density at radius 3 is 2.27 bits per heavy atom. The van der Waals surface area contributed by atoms with Gasteiger partial charge in [0.15, 0.2) is 0 Å². The topological polar surface area (TPSA) is 52.6 Å². The zero-order chi connectivity index (χ0) is 12.1. The van der Waals surface area contributed by atoms with E-state index in [1.165, 1.54) is 0 Å². The second kappa shape index (κ2) is 5.77. The van der Waals surface area contributed by atoms with Gasteiger partial charge in [-0.25, -0.2) is 0 Å². The molecule has 0 heterocycles. The minimum absolute atomic E-state index is 0.105. The SMILES string of the molecule is CC(C)(CC(=O)OCC(Cl)(Cl)Cl)OC=O. The van der Waals surface area contributed by atoms with Crippen LogP contribution in [0.25, 0.3) is 0 Å². The molecule has 15 heavy (non-hydrogen) atoms. The van der Waals surface area contributed by atoms with Crippen LogP contribution in [0, 0.1) is 0 Å². The molecule has 0 aromatic rings. The van der Waals surface area contributed by atoms with Crippen LogP contribution in [-0.2, 0) is 19.1 Å². The van der Waals surface area contributed by atoms with Gasteiger partial charge in [-0.05, 0) is 13.8 Å². The monoisotopic (exact) mass is 276 g/mol. The number of carbonyl (C=O) groups excluding carboxylic acids is 2. The molecule has 0 aliphatic carbocycles. The highest BCUT2D eigenvalue weighted by Crippen LogP contribution is 2.26. The van der Waals surface area contributed by atoms with Gasteiger partial charge < -0.3 is 9.47 Å². The third-order valence-corrected chi connectivity index (χ3v) is 1.66. The molecular formula is C8H11Cl3O4. The largest absolute Gasteiger partial charge is 0.461 e. The lowest BCUT2D eigenvalue weighted by Gasteiger charge is -2.21. The van der Waals surface area contributed by atoms with Gasteiger partial charge in [0.05, 0.1) is 6.42 Å². The third-order valence-electron chi connectivity index (χ3n) is 1.33. The number of rotatable bonds is 5. The molecule has 0 fully saturated rings. The molecule has 0 aromatic carbocycles. The second-order valence-corrected chi connectivity index (χ2v) is 5.94. The van der Waals surface area contributed by atoms with Crippen molar-refractivity contribution in [3.8, 4) is 0 Å². The first-order valence-electron chi connectivity index (χ1n) is 4.00. The van der Waals surface area contributed by atoms with Crippen LogP contribution in [0.5, 0.6) is 0 Å². The highest BCUT2D eigenvalue weighted by molar-refractivity contribution is 6.67. The van der Waals surface area contributed by atoms with E-state index in [9.17, 15) is 9.59 Å². The van der Waals surface area contributed by atoms with Crippen molar-refractivity contribution >= 4 is 47.2 Å². The molecule has 7 heteroatoms. The van der Waals surface area contributed by atoms with Crippen LogP contribution in [0.4, 0.5) is 0 Å². The number of halogens is 3. The quantitative estimate of drug-likeness (QED) is 0.439. The molecule has 0 radical (unpaired) electrons. The van der Waals surface area contributed by atoms with Gasteiger partial charge in [-0.15, -0.1) is 0 Å². The summed E-state index contributed by atoms with van der Waals surface area (Å²) in [7, 11) is 0. The molecule has 0 bridgehead atoms. The number of hydrogen-bond acceptors (Lipinski definition) is 4. The molecule has 0 aromatic heterocycles. The van der Waals surface area contributed by atoms with E-state index in [1.807, 2.05) is 0 Å². The Balaban J connectivity index is 3.98. The van der Waals surface area contributed by atoms with Crippen molar-refractivity contribution in [3.63, 3.8) is 0 Å². The van der Waals surface area contributed by atoms with Crippen LogP contribution in [0.15, 0.2) is 0 Å². The highest BCUT2D eigenvalue weighted by Gasteiger charge is 2.27. The number of alkyl halides is 3. The van der Waals surface area contributed by atoms with Crippen LogP contribution in [0.2, 0.25) is 0 Å². The van der Waals surface area contributed by atoms with Crippen LogP contribution < -0.4 is 0 Å². The van der Waals surface area contributed by atoms with Gasteiger partial charge in [0.25, 0.3) is 6.47 Å². The van der Waals surface area contributed by atoms with Gasteiger partial charge >= 0.3 is 5.97 Å². The van der Waals surface area contributed by atoms with E-state index in [2.05, 4.69) is 9.47 Å². The zero-order valence-electron chi connectivity index (χ0n) is 8.26. The molecular weight excluding hydrogens is 266 g/mol. The summed E-state index contributed by atoms with van der Waals surface area (Å²) in [5, 5.41) is 0. The van der Waals surface area contributed by atoms with Gasteiger partial charge in [0.1, 0.15) is 12.2 Å². The Labute approximate surface area is 103 Å². The standard InChI is InChI=1S/C8H11Cl3O4/c1-7(2,15-5-12)3-6(13)14-4-8(9,10)11/h5H,3-4H2,1-2H3. The molecule has 88 valence electrons. The number of hydrogen-bond donors (Lipinski definition) is 0. The minimum atomic E-state index is -1.63.